The highest BCUT2D eigenvalue weighted by molar-refractivity contribution is 6.20. The Hall–Kier alpha value is -2.44. The molecule has 0 bridgehead atoms. The van der Waals surface area contributed by atoms with Gasteiger partial charge in [-0.3, -0.25) is 19.4 Å². The van der Waals surface area contributed by atoms with Gasteiger partial charge in [0.15, 0.2) is 5.41 Å². The predicted octanol–water partition coefficient (Wildman–Crippen LogP) is 2.17. The number of benzene rings is 1. The van der Waals surface area contributed by atoms with Crippen molar-refractivity contribution in [3.8, 4) is 0 Å². The topological polar surface area (TPSA) is 60.9 Å². The van der Waals surface area contributed by atoms with Gasteiger partial charge in [0, 0.05) is 20.6 Å². The van der Waals surface area contributed by atoms with Gasteiger partial charge in [-0.2, -0.15) is 0 Å². The Bertz CT molecular complexity index is 785. The molecular weight excluding hydrogens is 337 g/mol. The summed E-state index contributed by atoms with van der Waals surface area (Å²) in [5, 5.41) is 0. The van der Waals surface area contributed by atoms with E-state index < -0.39 is 29.3 Å². The van der Waals surface area contributed by atoms with Crippen LogP contribution in [0.1, 0.15) is 31.2 Å². The van der Waals surface area contributed by atoms with Crippen LogP contribution in [0.15, 0.2) is 18.2 Å². The molecule has 4 rings (SSSR count). The van der Waals surface area contributed by atoms with Crippen LogP contribution in [0.4, 0.5) is 14.9 Å². The Morgan fingerprint density at radius 1 is 1.04 bits per heavy atom. The summed E-state index contributed by atoms with van der Waals surface area (Å²) < 4.78 is 14.7. The zero-order valence-corrected chi connectivity index (χ0v) is 15.0. The van der Waals surface area contributed by atoms with Gasteiger partial charge in [-0.05, 0) is 30.9 Å². The number of nitrogens with zero attached hydrogens (tertiary/aromatic N) is 3. The van der Waals surface area contributed by atoms with E-state index in [2.05, 4.69) is 0 Å². The minimum atomic E-state index is -1.37. The van der Waals surface area contributed by atoms with Crippen LogP contribution in [0.3, 0.4) is 0 Å². The van der Waals surface area contributed by atoms with Gasteiger partial charge in [0.05, 0.1) is 11.7 Å². The van der Waals surface area contributed by atoms with Gasteiger partial charge in [-0.15, -0.1) is 0 Å². The average Bonchev–Trinajstić information content (AvgIpc) is 2.89. The number of para-hydroxylation sites is 1. The van der Waals surface area contributed by atoms with Gasteiger partial charge >= 0.3 is 6.03 Å². The molecule has 1 spiro atoms. The number of urea groups is 1. The summed E-state index contributed by atoms with van der Waals surface area (Å²) in [6.45, 7) is 0.599. The fraction of sp³-hybridized carbons (Fsp3) is 0.526. The first-order valence-corrected chi connectivity index (χ1v) is 9.04. The second-order valence-corrected chi connectivity index (χ2v) is 7.47. The summed E-state index contributed by atoms with van der Waals surface area (Å²) in [4.78, 5) is 42.8. The molecule has 26 heavy (non-hydrogen) atoms. The first-order chi connectivity index (χ1) is 12.4. The van der Waals surface area contributed by atoms with E-state index in [9.17, 15) is 18.8 Å². The molecule has 3 aliphatic rings. The largest absolute Gasteiger partial charge is 0.364 e. The van der Waals surface area contributed by atoms with E-state index in [1.165, 1.54) is 20.2 Å². The van der Waals surface area contributed by atoms with Crippen LogP contribution in [-0.4, -0.2) is 54.3 Å². The lowest BCUT2D eigenvalue weighted by atomic mass is 9.67. The third-order valence-electron chi connectivity index (χ3n) is 6.09. The van der Waals surface area contributed by atoms with Crippen LogP contribution >= 0.6 is 0 Å². The average molecular weight is 359 g/mol. The van der Waals surface area contributed by atoms with Crippen molar-refractivity contribution in [2.75, 3.05) is 25.5 Å². The first kappa shape index (κ1) is 17.0. The van der Waals surface area contributed by atoms with E-state index in [1.807, 2.05) is 4.90 Å². The highest BCUT2D eigenvalue weighted by Gasteiger charge is 2.63. The molecule has 0 saturated carbocycles. The van der Waals surface area contributed by atoms with Crippen LogP contribution in [0.2, 0.25) is 0 Å². The van der Waals surface area contributed by atoms with E-state index in [1.54, 1.807) is 12.1 Å². The molecule has 1 unspecified atom stereocenters. The monoisotopic (exact) mass is 359 g/mol. The zero-order chi connectivity index (χ0) is 18.6. The minimum Gasteiger partial charge on any atom is -0.364 e. The maximum atomic E-state index is 14.7. The van der Waals surface area contributed by atoms with Gasteiger partial charge in [-0.25, -0.2) is 9.18 Å². The van der Waals surface area contributed by atoms with Crippen molar-refractivity contribution in [2.24, 2.45) is 5.41 Å². The van der Waals surface area contributed by atoms with Crippen molar-refractivity contribution in [3.05, 3.63) is 29.6 Å². The number of hydrogen-bond acceptors (Lipinski definition) is 4. The molecule has 1 aromatic carbocycles. The molecule has 3 heterocycles. The van der Waals surface area contributed by atoms with Crippen LogP contribution in [0.5, 0.6) is 0 Å². The Kier molecular flexibility index (Phi) is 3.78. The number of imide groups is 2. The third-order valence-corrected chi connectivity index (χ3v) is 6.09. The molecule has 6 nitrogen and oxygen atoms in total. The number of carbonyl (C=O) groups is 3. The number of amides is 4. The summed E-state index contributed by atoms with van der Waals surface area (Å²) in [6, 6.07) is 3.75. The molecule has 0 aromatic heterocycles. The van der Waals surface area contributed by atoms with E-state index in [0.29, 0.717) is 24.2 Å². The fourth-order valence-electron chi connectivity index (χ4n) is 4.86. The molecule has 138 valence electrons. The lowest BCUT2D eigenvalue weighted by Gasteiger charge is -2.52. The lowest BCUT2D eigenvalue weighted by Crippen LogP contribution is -2.71. The van der Waals surface area contributed by atoms with Crippen molar-refractivity contribution < 1.29 is 18.8 Å². The lowest BCUT2D eigenvalue weighted by molar-refractivity contribution is -0.159. The van der Waals surface area contributed by atoms with Gasteiger partial charge in [0.2, 0.25) is 11.8 Å². The number of hydrogen-bond donors (Lipinski definition) is 0. The summed E-state index contributed by atoms with van der Waals surface area (Å²) >= 11 is 0. The molecule has 0 aliphatic carbocycles. The van der Waals surface area contributed by atoms with Crippen molar-refractivity contribution in [2.45, 2.75) is 38.1 Å². The molecule has 1 aromatic rings. The van der Waals surface area contributed by atoms with Crippen molar-refractivity contribution >= 4 is 23.5 Å². The highest BCUT2D eigenvalue weighted by atomic mass is 19.1. The SMILES string of the molecule is CN1C(=O)N(C)C(=O)C2(Cc3cccc(F)c3N3CCCCCC32)C1=O. The zero-order valence-electron chi connectivity index (χ0n) is 15.0. The van der Waals surface area contributed by atoms with Gasteiger partial charge < -0.3 is 4.90 Å². The number of rotatable bonds is 0. The molecule has 2 fully saturated rings. The predicted molar refractivity (Wildman–Crippen MR) is 93.1 cm³/mol. The molecule has 2 saturated heterocycles. The van der Waals surface area contributed by atoms with Gasteiger partial charge in [0.1, 0.15) is 5.82 Å². The number of barbiturate groups is 1. The highest BCUT2D eigenvalue weighted by Crippen LogP contribution is 2.48. The Morgan fingerprint density at radius 3 is 2.42 bits per heavy atom. The molecule has 4 amide bonds. The Morgan fingerprint density at radius 2 is 1.73 bits per heavy atom. The quantitative estimate of drug-likeness (QED) is 0.666. The second-order valence-electron chi connectivity index (χ2n) is 7.47. The van der Waals surface area contributed by atoms with E-state index in [0.717, 1.165) is 29.1 Å². The summed E-state index contributed by atoms with van der Waals surface area (Å²) in [5.74, 6) is -1.27. The maximum absolute atomic E-state index is 14.7. The van der Waals surface area contributed by atoms with E-state index in [-0.39, 0.29) is 12.2 Å². The Balaban J connectivity index is 1.94. The van der Waals surface area contributed by atoms with Gasteiger partial charge in [0.25, 0.3) is 0 Å². The minimum absolute atomic E-state index is 0.126. The van der Waals surface area contributed by atoms with Crippen LogP contribution in [-0.2, 0) is 16.0 Å². The van der Waals surface area contributed by atoms with Crippen molar-refractivity contribution in [1.29, 1.82) is 0 Å². The fourth-order valence-corrected chi connectivity index (χ4v) is 4.86. The van der Waals surface area contributed by atoms with Gasteiger partial charge in [-0.1, -0.05) is 25.0 Å². The summed E-state index contributed by atoms with van der Waals surface area (Å²) in [5.41, 5.74) is -0.212. The maximum Gasteiger partial charge on any atom is 0.332 e. The molecule has 1 atom stereocenters. The smallest absolute Gasteiger partial charge is 0.332 e. The van der Waals surface area contributed by atoms with Crippen LogP contribution in [0.25, 0.3) is 0 Å². The number of carbonyl (C=O) groups excluding carboxylic acids is 3. The number of halogens is 1. The van der Waals surface area contributed by atoms with E-state index in [4.69, 9.17) is 0 Å². The Labute approximate surface area is 151 Å². The number of fused-ring (bicyclic) bond motifs is 4. The van der Waals surface area contributed by atoms with Crippen LogP contribution < -0.4 is 4.90 Å². The van der Waals surface area contributed by atoms with E-state index >= 15 is 0 Å². The number of anilines is 1. The van der Waals surface area contributed by atoms with Crippen molar-refractivity contribution in [3.63, 3.8) is 0 Å². The second kappa shape index (κ2) is 5.79. The molecule has 3 aliphatic heterocycles. The summed E-state index contributed by atoms with van der Waals surface area (Å²) in [6.07, 6.45) is 3.48. The molecular formula is C19H22FN3O3. The molecule has 0 N–H and O–H groups in total. The molecule has 0 radical (unpaired) electrons. The first-order valence-electron chi connectivity index (χ1n) is 9.04. The third kappa shape index (κ3) is 2.06. The van der Waals surface area contributed by atoms with Crippen molar-refractivity contribution in [1.82, 2.24) is 9.80 Å². The normalized spacial score (nSPS) is 25.3. The standard InChI is InChI=1S/C19H22FN3O3/c1-21-16(24)19(17(25)22(2)18(21)26)11-12-7-6-8-13(20)15(12)23-10-5-3-4-9-14(19)23/h6-8,14H,3-5,9-11H2,1-2H3. The summed E-state index contributed by atoms with van der Waals surface area (Å²) in [7, 11) is 2.83. The van der Waals surface area contributed by atoms with Crippen LogP contribution in [0, 0.1) is 11.2 Å². The molecule has 7 heteroatoms.